The van der Waals surface area contributed by atoms with Gasteiger partial charge in [0.05, 0.1) is 0 Å². The number of aryl methyl sites for hydroxylation is 2. The lowest BCUT2D eigenvalue weighted by molar-refractivity contribution is 0.0746. The Balaban J connectivity index is 1.54. The van der Waals surface area contributed by atoms with Crippen molar-refractivity contribution in [3.8, 4) is 11.4 Å². The number of piperazine rings is 1. The minimum Gasteiger partial charge on any atom is -0.353 e. The monoisotopic (exact) mass is 420 g/mol. The summed E-state index contributed by atoms with van der Waals surface area (Å²) >= 11 is 6.05. The molecule has 2 heterocycles. The molecule has 1 fully saturated rings. The molecule has 1 saturated heterocycles. The van der Waals surface area contributed by atoms with Crippen molar-refractivity contribution in [3.63, 3.8) is 0 Å². The van der Waals surface area contributed by atoms with E-state index >= 15 is 0 Å². The largest absolute Gasteiger partial charge is 0.353 e. The summed E-state index contributed by atoms with van der Waals surface area (Å²) in [5.74, 6) is 1.72. The molecule has 0 radical (unpaired) electrons. The number of halogens is 1. The summed E-state index contributed by atoms with van der Waals surface area (Å²) in [6.45, 7) is 8.92. The summed E-state index contributed by atoms with van der Waals surface area (Å²) in [4.78, 5) is 26.6. The van der Waals surface area contributed by atoms with Crippen molar-refractivity contribution in [3.05, 3.63) is 75.9 Å². The Morgan fingerprint density at radius 1 is 0.933 bits per heavy atom. The van der Waals surface area contributed by atoms with Gasteiger partial charge in [0, 0.05) is 53.6 Å². The Hall–Kier alpha value is -2.92. The molecule has 4 rings (SSSR count). The molecule has 1 aliphatic heterocycles. The van der Waals surface area contributed by atoms with Crippen LogP contribution in [0.4, 0.5) is 5.82 Å². The van der Waals surface area contributed by atoms with Crippen LogP contribution >= 0.6 is 11.6 Å². The first-order valence-corrected chi connectivity index (χ1v) is 10.5. The van der Waals surface area contributed by atoms with Gasteiger partial charge in [-0.15, -0.1) is 0 Å². The third-order valence-corrected chi connectivity index (χ3v) is 5.81. The molecule has 5 nitrogen and oxygen atoms in total. The van der Waals surface area contributed by atoms with Crippen LogP contribution in [0.2, 0.25) is 5.02 Å². The van der Waals surface area contributed by atoms with Gasteiger partial charge in [-0.25, -0.2) is 9.97 Å². The van der Waals surface area contributed by atoms with E-state index in [1.54, 1.807) is 12.1 Å². The minimum absolute atomic E-state index is 0.0215. The van der Waals surface area contributed by atoms with Crippen LogP contribution in [0.1, 0.15) is 27.2 Å². The zero-order chi connectivity index (χ0) is 21.3. The third kappa shape index (κ3) is 4.17. The van der Waals surface area contributed by atoms with Crippen molar-refractivity contribution < 1.29 is 4.79 Å². The van der Waals surface area contributed by atoms with E-state index in [2.05, 4.69) is 30.9 Å². The molecule has 0 atom stereocenters. The highest BCUT2D eigenvalue weighted by atomic mass is 35.5. The molecule has 154 valence electrons. The van der Waals surface area contributed by atoms with Crippen molar-refractivity contribution in [2.45, 2.75) is 20.8 Å². The molecule has 0 saturated carbocycles. The Morgan fingerprint density at radius 3 is 2.37 bits per heavy atom. The Bertz CT molecular complexity index is 1090. The van der Waals surface area contributed by atoms with E-state index in [1.165, 1.54) is 5.56 Å². The van der Waals surface area contributed by atoms with Crippen molar-refractivity contribution in [2.24, 2.45) is 0 Å². The van der Waals surface area contributed by atoms with Gasteiger partial charge >= 0.3 is 0 Å². The highest BCUT2D eigenvalue weighted by Gasteiger charge is 2.25. The summed E-state index contributed by atoms with van der Waals surface area (Å²) in [6, 6.07) is 15.4. The molecule has 1 aliphatic rings. The SMILES string of the molecule is Cc1cccc(-c2nc(C)c(C)c(N3CCN(C(=O)c4cccc(Cl)c4)CC3)n2)c1. The maximum atomic E-state index is 12.8. The van der Waals surface area contributed by atoms with Crippen molar-refractivity contribution in [1.82, 2.24) is 14.9 Å². The zero-order valence-electron chi connectivity index (χ0n) is 17.5. The van der Waals surface area contributed by atoms with Gasteiger partial charge in [-0.2, -0.15) is 0 Å². The van der Waals surface area contributed by atoms with Crippen LogP contribution in [0.25, 0.3) is 11.4 Å². The van der Waals surface area contributed by atoms with Crippen molar-refractivity contribution >= 4 is 23.3 Å². The number of hydrogen-bond acceptors (Lipinski definition) is 4. The number of benzene rings is 2. The number of amides is 1. The van der Waals surface area contributed by atoms with Gasteiger partial charge in [-0.3, -0.25) is 4.79 Å². The van der Waals surface area contributed by atoms with Crippen LogP contribution in [-0.4, -0.2) is 47.0 Å². The molecule has 1 amide bonds. The van der Waals surface area contributed by atoms with Crippen LogP contribution in [0.15, 0.2) is 48.5 Å². The molecule has 0 aliphatic carbocycles. The highest BCUT2D eigenvalue weighted by Crippen LogP contribution is 2.26. The number of carbonyl (C=O) groups is 1. The molecular weight excluding hydrogens is 396 g/mol. The molecule has 1 aromatic heterocycles. The number of rotatable bonds is 3. The number of aromatic nitrogens is 2. The number of anilines is 1. The molecule has 30 heavy (non-hydrogen) atoms. The second kappa shape index (κ2) is 8.44. The van der Waals surface area contributed by atoms with E-state index < -0.39 is 0 Å². The van der Waals surface area contributed by atoms with Gasteiger partial charge in [0.1, 0.15) is 5.82 Å². The maximum absolute atomic E-state index is 12.8. The quantitative estimate of drug-likeness (QED) is 0.617. The van der Waals surface area contributed by atoms with Crippen LogP contribution in [0.5, 0.6) is 0 Å². The van der Waals surface area contributed by atoms with Gasteiger partial charge in [0.15, 0.2) is 5.82 Å². The number of nitrogens with zero attached hydrogens (tertiary/aromatic N) is 4. The molecule has 3 aromatic rings. The van der Waals surface area contributed by atoms with Gasteiger partial charge in [0.2, 0.25) is 0 Å². The standard InChI is InChI=1S/C24H25ClN4O/c1-16-6-4-7-19(14-16)22-26-18(3)17(2)23(27-22)28-10-12-29(13-11-28)24(30)20-8-5-9-21(25)15-20/h4-9,14-15H,10-13H2,1-3H3. The predicted molar refractivity (Wildman–Crippen MR) is 121 cm³/mol. The molecule has 0 N–H and O–H groups in total. The molecule has 2 aromatic carbocycles. The van der Waals surface area contributed by atoms with Crippen molar-refractivity contribution in [2.75, 3.05) is 31.1 Å². The minimum atomic E-state index is 0.0215. The third-order valence-electron chi connectivity index (χ3n) is 5.58. The van der Waals surface area contributed by atoms with Gasteiger partial charge < -0.3 is 9.80 Å². The second-order valence-corrected chi connectivity index (χ2v) is 8.18. The highest BCUT2D eigenvalue weighted by molar-refractivity contribution is 6.30. The molecule has 6 heteroatoms. The van der Waals surface area contributed by atoms with Gasteiger partial charge in [0.25, 0.3) is 5.91 Å². The second-order valence-electron chi connectivity index (χ2n) is 7.74. The first-order valence-electron chi connectivity index (χ1n) is 10.1. The van der Waals surface area contributed by atoms with Crippen LogP contribution in [0, 0.1) is 20.8 Å². The van der Waals surface area contributed by atoms with Gasteiger partial charge in [-0.05, 0) is 45.0 Å². The fourth-order valence-electron chi connectivity index (χ4n) is 3.76. The average Bonchev–Trinajstić information content (AvgIpc) is 2.75. The summed E-state index contributed by atoms with van der Waals surface area (Å²) < 4.78 is 0. The lowest BCUT2D eigenvalue weighted by Crippen LogP contribution is -2.49. The predicted octanol–water partition coefficient (Wildman–Crippen LogP) is 4.68. The van der Waals surface area contributed by atoms with E-state index in [-0.39, 0.29) is 5.91 Å². The average molecular weight is 421 g/mol. The lowest BCUT2D eigenvalue weighted by atomic mass is 10.1. The van der Waals surface area contributed by atoms with Gasteiger partial charge in [-0.1, -0.05) is 41.4 Å². The molecular formula is C24H25ClN4O. The lowest BCUT2D eigenvalue weighted by Gasteiger charge is -2.36. The summed E-state index contributed by atoms with van der Waals surface area (Å²) in [5.41, 5.74) is 4.90. The van der Waals surface area contributed by atoms with E-state index in [1.807, 2.05) is 36.1 Å². The summed E-state index contributed by atoms with van der Waals surface area (Å²) in [5, 5.41) is 0.579. The molecule has 0 bridgehead atoms. The van der Waals surface area contributed by atoms with Crippen LogP contribution in [-0.2, 0) is 0 Å². The fourth-order valence-corrected chi connectivity index (χ4v) is 3.95. The zero-order valence-corrected chi connectivity index (χ0v) is 18.3. The number of carbonyl (C=O) groups excluding carboxylic acids is 1. The summed E-state index contributed by atoms with van der Waals surface area (Å²) in [7, 11) is 0. The fraction of sp³-hybridized carbons (Fsp3) is 0.292. The van der Waals surface area contributed by atoms with E-state index in [9.17, 15) is 4.79 Å². The van der Waals surface area contributed by atoms with E-state index in [0.717, 1.165) is 41.6 Å². The van der Waals surface area contributed by atoms with E-state index in [4.69, 9.17) is 21.6 Å². The topological polar surface area (TPSA) is 49.3 Å². The van der Waals surface area contributed by atoms with E-state index in [0.29, 0.717) is 23.7 Å². The first-order chi connectivity index (χ1) is 14.4. The Labute approximate surface area is 182 Å². The first kappa shape index (κ1) is 20.4. The van der Waals surface area contributed by atoms with Crippen molar-refractivity contribution in [1.29, 1.82) is 0 Å². The molecule has 0 unspecified atom stereocenters. The summed E-state index contributed by atoms with van der Waals surface area (Å²) in [6.07, 6.45) is 0. The Kier molecular flexibility index (Phi) is 5.73. The maximum Gasteiger partial charge on any atom is 0.254 e. The Morgan fingerprint density at radius 2 is 1.67 bits per heavy atom. The van der Waals surface area contributed by atoms with Crippen LogP contribution < -0.4 is 4.90 Å². The van der Waals surface area contributed by atoms with Crippen LogP contribution in [0.3, 0.4) is 0 Å². The number of hydrogen-bond donors (Lipinski definition) is 0. The smallest absolute Gasteiger partial charge is 0.254 e. The molecule has 0 spiro atoms. The normalized spacial score (nSPS) is 14.1.